The number of carbonyl (C=O) groups is 1. The molecule has 1 amide bonds. The fourth-order valence-corrected chi connectivity index (χ4v) is 2.48. The van der Waals surface area contributed by atoms with Crippen LogP contribution in [0.4, 0.5) is 0 Å². The van der Waals surface area contributed by atoms with Gasteiger partial charge < -0.3 is 10.6 Å². The van der Waals surface area contributed by atoms with Crippen LogP contribution in [0.5, 0.6) is 0 Å². The summed E-state index contributed by atoms with van der Waals surface area (Å²) in [6.07, 6.45) is 1.06. The largest absolute Gasteiger partial charge is 0.348 e. The third kappa shape index (κ3) is 4.25. The van der Waals surface area contributed by atoms with E-state index in [0.717, 1.165) is 19.5 Å². The second-order valence-corrected chi connectivity index (χ2v) is 5.52. The van der Waals surface area contributed by atoms with Crippen molar-refractivity contribution in [3.05, 3.63) is 33.8 Å². The van der Waals surface area contributed by atoms with Crippen molar-refractivity contribution in [3.8, 4) is 0 Å². The van der Waals surface area contributed by atoms with Crippen molar-refractivity contribution >= 4 is 41.5 Å². The maximum Gasteiger partial charge on any atom is 0.253 e. The Labute approximate surface area is 129 Å². The van der Waals surface area contributed by atoms with Crippen LogP contribution in [0.25, 0.3) is 0 Å². The Morgan fingerprint density at radius 1 is 1.42 bits per heavy atom. The highest BCUT2D eigenvalue weighted by Gasteiger charge is 2.23. The van der Waals surface area contributed by atoms with E-state index >= 15 is 0 Å². The van der Waals surface area contributed by atoms with Gasteiger partial charge in [-0.15, -0.1) is 12.4 Å². The fraction of sp³-hybridized carbons (Fsp3) is 0.462. The lowest BCUT2D eigenvalue weighted by Gasteiger charge is -2.30. The predicted octanol–water partition coefficient (Wildman–Crippen LogP) is 3.14. The van der Waals surface area contributed by atoms with Crippen LogP contribution in [-0.4, -0.2) is 25.0 Å². The van der Waals surface area contributed by atoms with E-state index < -0.39 is 0 Å². The van der Waals surface area contributed by atoms with Crippen molar-refractivity contribution in [2.24, 2.45) is 5.92 Å². The van der Waals surface area contributed by atoms with Gasteiger partial charge in [-0.05, 0) is 37.1 Å². The molecular weight excluding hydrogens is 307 g/mol. The fourth-order valence-electron chi connectivity index (χ4n) is 2.10. The number of nitrogens with one attached hydrogen (secondary N) is 2. The minimum absolute atomic E-state index is 0. The Balaban J connectivity index is 0.00000180. The van der Waals surface area contributed by atoms with Gasteiger partial charge >= 0.3 is 0 Å². The number of amides is 1. The average molecular weight is 324 g/mol. The molecule has 6 heteroatoms. The molecule has 106 valence electrons. The molecule has 0 aromatic heterocycles. The molecule has 19 heavy (non-hydrogen) atoms. The molecule has 1 fully saturated rings. The summed E-state index contributed by atoms with van der Waals surface area (Å²) < 4.78 is 0. The lowest BCUT2D eigenvalue weighted by molar-refractivity contribution is 0.0915. The molecule has 0 aliphatic carbocycles. The standard InChI is InChI=1S/C13H16Cl2N2O.ClH/c1-8-4-5-16-7-12(8)17-13(18)10-6-9(14)2-3-11(10)15;/h2-3,6,8,12,16H,4-5,7H2,1H3,(H,17,18);1H. The highest BCUT2D eigenvalue weighted by Crippen LogP contribution is 2.21. The molecule has 2 rings (SSSR count). The molecule has 3 nitrogen and oxygen atoms in total. The number of benzene rings is 1. The summed E-state index contributed by atoms with van der Waals surface area (Å²) in [6.45, 7) is 3.95. The van der Waals surface area contributed by atoms with E-state index in [1.807, 2.05) is 0 Å². The van der Waals surface area contributed by atoms with Crippen LogP contribution in [-0.2, 0) is 0 Å². The zero-order valence-corrected chi connectivity index (χ0v) is 12.9. The molecule has 0 spiro atoms. The molecule has 1 saturated heterocycles. The lowest BCUT2D eigenvalue weighted by Crippen LogP contribution is -2.50. The number of hydrogen-bond acceptors (Lipinski definition) is 2. The highest BCUT2D eigenvalue weighted by atomic mass is 35.5. The molecule has 2 N–H and O–H groups in total. The van der Waals surface area contributed by atoms with Gasteiger partial charge in [-0.2, -0.15) is 0 Å². The van der Waals surface area contributed by atoms with Gasteiger partial charge in [-0.3, -0.25) is 4.79 Å². The van der Waals surface area contributed by atoms with Crippen molar-refractivity contribution in [1.82, 2.24) is 10.6 Å². The first kappa shape index (κ1) is 16.6. The van der Waals surface area contributed by atoms with Crippen LogP contribution in [0, 0.1) is 5.92 Å². The Morgan fingerprint density at radius 3 is 2.84 bits per heavy atom. The van der Waals surface area contributed by atoms with Gasteiger partial charge in [0.2, 0.25) is 0 Å². The van der Waals surface area contributed by atoms with Crippen molar-refractivity contribution in [1.29, 1.82) is 0 Å². The van der Waals surface area contributed by atoms with Crippen LogP contribution in [0.15, 0.2) is 18.2 Å². The van der Waals surface area contributed by atoms with E-state index in [1.165, 1.54) is 0 Å². The summed E-state index contributed by atoms with van der Waals surface area (Å²) >= 11 is 11.9. The van der Waals surface area contributed by atoms with Gasteiger partial charge in [-0.25, -0.2) is 0 Å². The van der Waals surface area contributed by atoms with Crippen LogP contribution in [0.1, 0.15) is 23.7 Å². The summed E-state index contributed by atoms with van der Waals surface area (Å²) in [5.74, 6) is 0.302. The van der Waals surface area contributed by atoms with E-state index in [2.05, 4.69) is 17.6 Å². The SMILES string of the molecule is CC1CCNCC1NC(=O)c1cc(Cl)ccc1Cl.Cl. The zero-order valence-electron chi connectivity index (χ0n) is 10.6. The summed E-state index contributed by atoms with van der Waals surface area (Å²) in [4.78, 5) is 12.1. The molecule has 1 aliphatic rings. The third-order valence-electron chi connectivity index (χ3n) is 3.32. The first-order valence-corrected chi connectivity index (χ1v) is 6.80. The lowest BCUT2D eigenvalue weighted by atomic mass is 9.94. The van der Waals surface area contributed by atoms with Gasteiger partial charge in [0.25, 0.3) is 5.91 Å². The Kier molecular flexibility index (Phi) is 6.40. The van der Waals surface area contributed by atoms with Crippen molar-refractivity contribution in [3.63, 3.8) is 0 Å². The monoisotopic (exact) mass is 322 g/mol. The molecule has 1 aromatic rings. The Hall–Kier alpha value is -0.480. The van der Waals surface area contributed by atoms with Gasteiger partial charge in [0.05, 0.1) is 10.6 Å². The highest BCUT2D eigenvalue weighted by molar-refractivity contribution is 6.35. The maximum absolute atomic E-state index is 12.1. The summed E-state index contributed by atoms with van der Waals surface area (Å²) in [5.41, 5.74) is 0.432. The van der Waals surface area contributed by atoms with E-state index in [1.54, 1.807) is 18.2 Å². The van der Waals surface area contributed by atoms with E-state index in [9.17, 15) is 4.79 Å². The predicted molar refractivity (Wildman–Crippen MR) is 81.6 cm³/mol. The van der Waals surface area contributed by atoms with Crippen molar-refractivity contribution in [2.75, 3.05) is 13.1 Å². The molecule has 1 heterocycles. The first-order valence-electron chi connectivity index (χ1n) is 6.04. The van der Waals surface area contributed by atoms with E-state index in [-0.39, 0.29) is 24.4 Å². The van der Waals surface area contributed by atoms with Crippen LogP contribution < -0.4 is 10.6 Å². The Morgan fingerprint density at radius 2 is 2.16 bits per heavy atom. The average Bonchev–Trinajstić information content (AvgIpc) is 2.35. The van der Waals surface area contributed by atoms with Gasteiger partial charge in [0.15, 0.2) is 0 Å². The number of carbonyl (C=O) groups excluding carboxylic acids is 1. The smallest absolute Gasteiger partial charge is 0.253 e. The third-order valence-corrected chi connectivity index (χ3v) is 3.88. The zero-order chi connectivity index (χ0) is 13.1. The van der Waals surface area contributed by atoms with Gasteiger partial charge in [0.1, 0.15) is 0 Å². The molecule has 2 unspecified atom stereocenters. The quantitative estimate of drug-likeness (QED) is 0.878. The normalized spacial score (nSPS) is 22.5. The molecule has 0 saturated carbocycles. The second kappa shape index (κ2) is 7.34. The number of halogens is 3. The second-order valence-electron chi connectivity index (χ2n) is 4.67. The number of rotatable bonds is 2. The number of piperidine rings is 1. The van der Waals surface area contributed by atoms with Gasteiger partial charge in [0, 0.05) is 17.6 Å². The molecule has 1 aromatic carbocycles. The molecular formula is C13H17Cl3N2O. The van der Waals surface area contributed by atoms with Crippen LogP contribution in [0.3, 0.4) is 0 Å². The Bertz CT molecular complexity index is 454. The number of hydrogen-bond donors (Lipinski definition) is 2. The summed E-state index contributed by atoms with van der Waals surface area (Å²) in [7, 11) is 0. The van der Waals surface area contributed by atoms with Gasteiger partial charge in [-0.1, -0.05) is 30.1 Å². The maximum atomic E-state index is 12.1. The minimum Gasteiger partial charge on any atom is -0.348 e. The van der Waals surface area contributed by atoms with Crippen molar-refractivity contribution < 1.29 is 4.79 Å². The minimum atomic E-state index is -0.164. The van der Waals surface area contributed by atoms with E-state index in [4.69, 9.17) is 23.2 Å². The first-order chi connectivity index (χ1) is 8.58. The molecule has 1 aliphatic heterocycles. The molecule has 0 radical (unpaired) electrons. The molecule has 2 atom stereocenters. The molecule has 0 bridgehead atoms. The topological polar surface area (TPSA) is 41.1 Å². The summed E-state index contributed by atoms with van der Waals surface area (Å²) in [5, 5.41) is 7.22. The van der Waals surface area contributed by atoms with Crippen LogP contribution >= 0.6 is 35.6 Å². The van der Waals surface area contributed by atoms with Crippen molar-refractivity contribution in [2.45, 2.75) is 19.4 Å². The van der Waals surface area contributed by atoms with E-state index in [0.29, 0.717) is 21.5 Å². The van der Waals surface area contributed by atoms with Crippen LogP contribution in [0.2, 0.25) is 10.0 Å². The summed E-state index contributed by atoms with van der Waals surface area (Å²) in [6, 6.07) is 5.05.